The Hall–Kier alpha value is -0.710. The van der Waals surface area contributed by atoms with Gasteiger partial charge in [0.1, 0.15) is 5.54 Å². The van der Waals surface area contributed by atoms with Gasteiger partial charge < -0.3 is 5.73 Å². The summed E-state index contributed by atoms with van der Waals surface area (Å²) in [7, 11) is -6.71. The van der Waals surface area contributed by atoms with Crippen molar-refractivity contribution in [3.63, 3.8) is 0 Å². The smallest absolute Gasteiger partial charge is 0.237 e. The monoisotopic (exact) mass is 392 g/mol. The Bertz CT molecular complexity index is 747. The predicted octanol–water partition coefficient (Wildman–Crippen LogP) is -0.878. The van der Waals surface area contributed by atoms with Gasteiger partial charge in [0.25, 0.3) is 0 Å². The van der Waals surface area contributed by atoms with E-state index in [-0.39, 0.29) is 30.0 Å². The number of carbonyl (C=O) groups is 1. The second kappa shape index (κ2) is 6.47. The van der Waals surface area contributed by atoms with Crippen LogP contribution in [0.3, 0.4) is 0 Å². The number of carbonyl (C=O) groups excluding carboxylic acids is 1. The van der Waals surface area contributed by atoms with Crippen LogP contribution in [-0.4, -0.2) is 80.4 Å². The maximum absolute atomic E-state index is 12.2. The average Bonchev–Trinajstić information content (AvgIpc) is 2.92. The van der Waals surface area contributed by atoms with Crippen LogP contribution in [0.5, 0.6) is 0 Å². The van der Waals surface area contributed by atoms with Crippen molar-refractivity contribution in [3.8, 4) is 0 Å². The van der Waals surface area contributed by atoms with Crippen LogP contribution in [0.15, 0.2) is 0 Å². The van der Waals surface area contributed by atoms with Crippen LogP contribution in [0.4, 0.5) is 0 Å². The summed E-state index contributed by atoms with van der Waals surface area (Å²) in [6, 6.07) is -0.312. The van der Waals surface area contributed by atoms with Crippen molar-refractivity contribution in [2.75, 3.05) is 30.9 Å². The molecular formula is C15H26N3O5S2. The number of sulfone groups is 1. The molecule has 10 heteroatoms. The van der Waals surface area contributed by atoms with Crippen LogP contribution in [-0.2, 0) is 24.7 Å². The van der Waals surface area contributed by atoms with Gasteiger partial charge >= 0.3 is 0 Å². The summed E-state index contributed by atoms with van der Waals surface area (Å²) < 4.78 is 49.2. The molecule has 2 bridgehead atoms. The molecule has 3 aliphatic rings. The number of fused-ring (bicyclic) bond motifs is 2. The van der Waals surface area contributed by atoms with Gasteiger partial charge in [0.2, 0.25) is 15.9 Å². The molecule has 3 atom stereocenters. The number of primary amides is 1. The van der Waals surface area contributed by atoms with E-state index < -0.39 is 31.4 Å². The minimum Gasteiger partial charge on any atom is -0.368 e. The normalized spacial score (nSPS) is 35.3. The molecule has 0 aliphatic carbocycles. The molecule has 0 aromatic rings. The van der Waals surface area contributed by atoms with E-state index in [4.69, 9.17) is 5.73 Å². The van der Waals surface area contributed by atoms with Gasteiger partial charge in [0.15, 0.2) is 9.84 Å². The number of amides is 1. The van der Waals surface area contributed by atoms with Crippen molar-refractivity contribution in [1.82, 2.24) is 9.21 Å². The Morgan fingerprint density at radius 3 is 2.68 bits per heavy atom. The van der Waals surface area contributed by atoms with E-state index in [1.54, 1.807) is 0 Å². The van der Waals surface area contributed by atoms with Gasteiger partial charge in [-0.3, -0.25) is 9.69 Å². The summed E-state index contributed by atoms with van der Waals surface area (Å²) in [6.07, 6.45) is 6.56. The summed E-state index contributed by atoms with van der Waals surface area (Å²) in [5, 5.41) is 0. The summed E-state index contributed by atoms with van der Waals surface area (Å²) in [4.78, 5) is 14.1. The lowest BCUT2D eigenvalue weighted by atomic mass is 9.87. The Morgan fingerprint density at radius 2 is 2.12 bits per heavy atom. The molecule has 1 unspecified atom stereocenters. The van der Waals surface area contributed by atoms with Gasteiger partial charge in [0.05, 0.1) is 17.8 Å². The first-order valence-electron chi connectivity index (χ1n) is 8.61. The molecule has 3 heterocycles. The van der Waals surface area contributed by atoms with Crippen LogP contribution in [0.2, 0.25) is 0 Å². The highest BCUT2D eigenvalue weighted by Crippen LogP contribution is 2.43. The van der Waals surface area contributed by atoms with E-state index in [2.05, 4.69) is 11.3 Å². The average molecular weight is 393 g/mol. The van der Waals surface area contributed by atoms with Gasteiger partial charge in [-0.15, -0.1) is 0 Å². The highest BCUT2D eigenvalue weighted by molar-refractivity contribution is 7.92. The number of piperidine rings is 1. The molecular weight excluding hydrogens is 366 g/mol. The van der Waals surface area contributed by atoms with Crippen molar-refractivity contribution in [3.05, 3.63) is 6.42 Å². The maximum Gasteiger partial charge on any atom is 0.237 e. The summed E-state index contributed by atoms with van der Waals surface area (Å²) >= 11 is 0. The third kappa shape index (κ3) is 3.58. The van der Waals surface area contributed by atoms with Crippen LogP contribution in [0.1, 0.15) is 32.1 Å². The molecule has 3 aliphatic heterocycles. The number of hydrogen-bond donors (Lipinski definition) is 1. The first kappa shape index (κ1) is 19.1. The topological polar surface area (TPSA) is 118 Å². The predicted molar refractivity (Wildman–Crippen MR) is 93.8 cm³/mol. The van der Waals surface area contributed by atoms with Gasteiger partial charge in [0, 0.05) is 25.2 Å². The number of nitrogens with two attached hydrogens (primary N) is 1. The van der Waals surface area contributed by atoms with E-state index in [0.29, 0.717) is 25.8 Å². The van der Waals surface area contributed by atoms with Gasteiger partial charge in [-0.2, -0.15) is 4.31 Å². The Balaban J connectivity index is 1.76. The zero-order chi connectivity index (χ0) is 18.5. The van der Waals surface area contributed by atoms with Gasteiger partial charge in [-0.1, -0.05) is 0 Å². The van der Waals surface area contributed by atoms with Gasteiger partial charge in [-0.05, 0) is 38.5 Å². The van der Waals surface area contributed by atoms with Crippen LogP contribution in [0.25, 0.3) is 0 Å². The molecule has 25 heavy (non-hydrogen) atoms. The van der Waals surface area contributed by atoms with E-state index in [0.717, 1.165) is 19.1 Å². The molecule has 1 amide bonds. The molecule has 0 aromatic heterocycles. The number of rotatable bonds is 6. The third-order valence-electron chi connectivity index (χ3n) is 5.86. The molecule has 3 saturated heterocycles. The molecule has 3 fully saturated rings. The first-order chi connectivity index (χ1) is 11.6. The van der Waals surface area contributed by atoms with Crippen molar-refractivity contribution < 1.29 is 21.6 Å². The van der Waals surface area contributed by atoms with Crippen LogP contribution < -0.4 is 5.73 Å². The molecule has 143 valence electrons. The molecule has 0 aromatic carbocycles. The summed E-state index contributed by atoms with van der Waals surface area (Å²) in [5.41, 5.74) is 4.95. The Labute approximate surface area is 149 Å². The van der Waals surface area contributed by atoms with Crippen molar-refractivity contribution in [2.24, 2.45) is 5.73 Å². The fourth-order valence-corrected chi connectivity index (χ4v) is 7.58. The zero-order valence-corrected chi connectivity index (χ0v) is 16.1. The van der Waals surface area contributed by atoms with Gasteiger partial charge in [-0.25, -0.2) is 16.8 Å². The second-order valence-electron chi connectivity index (χ2n) is 7.44. The SMILES string of the molecule is CS(=O)(=O)N(CCN1C2C[CH]C[C@@]1(C(N)=O)CC2)[C@@H]1CCS(=O)(=O)C1. The van der Waals surface area contributed by atoms with Crippen LogP contribution >= 0.6 is 0 Å². The number of sulfonamides is 1. The Kier molecular flexibility index (Phi) is 4.93. The highest BCUT2D eigenvalue weighted by atomic mass is 32.2. The van der Waals surface area contributed by atoms with E-state index in [1.807, 2.05) is 0 Å². The molecule has 1 radical (unpaired) electrons. The lowest BCUT2D eigenvalue weighted by Gasteiger charge is -2.43. The molecule has 0 saturated carbocycles. The lowest BCUT2D eigenvalue weighted by molar-refractivity contribution is -0.130. The number of hydrogen-bond acceptors (Lipinski definition) is 6. The fraction of sp³-hybridized carbons (Fsp3) is 0.867. The maximum atomic E-state index is 12.2. The van der Waals surface area contributed by atoms with Crippen molar-refractivity contribution in [2.45, 2.75) is 49.7 Å². The first-order valence-corrected chi connectivity index (χ1v) is 12.3. The minimum absolute atomic E-state index is 0.0240. The summed E-state index contributed by atoms with van der Waals surface area (Å²) in [6.45, 7) is 0.579. The number of nitrogens with zero attached hydrogens (tertiary/aromatic N) is 2. The second-order valence-corrected chi connectivity index (χ2v) is 11.6. The Morgan fingerprint density at radius 1 is 1.40 bits per heavy atom. The molecule has 0 spiro atoms. The van der Waals surface area contributed by atoms with E-state index >= 15 is 0 Å². The third-order valence-corrected chi connectivity index (χ3v) is 8.95. The van der Waals surface area contributed by atoms with Crippen LogP contribution in [0, 0.1) is 6.42 Å². The lowest BCUT2D eigenvalue weighted by Crippen LogP contribution is -2.60. The minimum atomic E-state index is -3.54. The van der Waals surface area contributed by atoms with E-state index in [9.17, 15) is 21.6 Å². The molecule has 2 N–H and O–H groups in total. The van der Waals surface area contributed by atoms with Crippen molar-refractivity contribution >= 4 is 25.8 Å². The molecule has 8 nitrogen and oxygen atoms in total. The standard InChI is InChI=1S/C15H26N3O5S2/c1-24(20,21)18(13-5-10-25(22,23)11-13)9-8-17-12-3-2-6-15(17,7-4-12)14(16)19/h2,12-13H,3-11H2,1H3,(H2,16,19)/t12?,13-,15+/m1/s1. The summed E-state index contributed by atoms with van der Waals surface area (Å²) in [5.74, 6) is -0.464. The van der Waals surface area contributed by atoms with E-state index in [1.165, 1.54) is 4.31 Å². The quantitative estimate of drug-likeness (QED) is 0.627. The van der Waals surface area contributed by atoms with Crippen molar-refractivity contribution in [1.29, 1.82) is 0 Å². The molecule has 3 rings (SSSR count). The highest BCUT2D eigenvalue weighted by Gasteiger charge is 2.52. The zero-order valence-electron chi connectivity index (χ0n) is 14.4. The fourth-order valence-electron chi connectivity index (χ4n) is 4.62. The largest absolute Gasteiger partial charge is 0.368 e.